The van der Waals surface area contributed by atoms with E-state index in [0.717, 1.165) is 10.2 Å². The molecule has 4 heterocycles. The molecular weight excluding hydrogens is 344 g/mol. The molecule has 0 aliphatic carbocycles. The molecule has 8 heteroatoms. The van der Waals surface area contributed by atoms with E-state index in [2.05, 4.69) is 4.98 Å². The summed E-state index contributed by atoms with van der Waals surface area (Å²) in [5, 5.41) is 12.0. The quantitative estimate of drug-likeness (QED) is 0.736. The number of anilines is 1. The van der Waals surface area contributed by atoms with Gasteiger partial charge in [0.15, 0.2) is 5.13 Å². The Kier molecular flexibility index (Phi) is 2.85. The molecule has 0 radical (unpaired) electrons. The van der Waals surface area contributed by atoms with E-state index in [0.29, 0.717) is 10.9 Å². The number of fused-ring (bicyclic) bond motifs is 2. The molecule has 0 unspecified atom stereocenters. The SMILES string of the molecule is COc1ccc2sc(N3C[C@@]45C=C[C@@H](O4)[C@H](C(=O)[O-])[C@H]5C3=O)nc2c1. The van der Waals surface area contributed by atoms with E-state index in [-0.39, 0.29) is 12.5 Å². The Morgan fingerprint density at radius 3 is 3.12 bits per heavy atom. The first-order chi connectivity index (χ1) is 12.0. The molecule has 128 valence electrons. The van der Waals surface area contributed by atoms with Gasteiger partial charge in [-0.05, 0) is 12.1 Å². The lowest BCUT2D eigenvalue weighted by atomic mass is 9.77. The number of benzene rings is 1. The van der Waals surface area contributed by atoms with Gasteiger partial charge in [-0.25, -0.2) is 4.98 Å². The fourth-order valence-corrected chi connectivity index (χ4v) is 5.02. The zero-order valence-electron chi connectivity index (χ0n) is 13.2. The number of thiazole rings is 1. The second-order valence-corrected chi connectivity index (χ2v) is 7.48. The highest BCUT2D eigenvalue weighted by molar-refractivity contribution is 7.22. The number of hydrogen-bond acceptors (Lipinski definition) is 7. The zero-order valence-corrected chi connectivity index (χ0v) is 14.0. The molecule has 25 heavy (non-hydrogen) atoms. The summed E-state index contributed by atoms with van der Waals surface area (Å²) >= 11 is 1.38. The number of aliphatic carboxylic acids is 1. The smallest absolute Gasteiger partial charge is 0.236 e. The lowest BCUT2D eigenvalue weighted by molar-refractivity contribution is -0.313. The average molecular weight is 357 g/mol. The van der Waals surface area contributed by atoms with Gasteiger partial charge in [0, 0.05) is 18.0 Å². The molecule has 0 saturated carbocycles. The van der Waals surface area contributed by atoms with Crippen LogP contribution in [0.25, 0.3) is 10.2 Å². The van der Waals surface area contributed by atoms with Crippen molar-refractivity contribution in [3.63, 3.8) is 0 Å². The zero-order chi connectivity index (χ0) is 17.3. The van der Waals surface area contributed by atoms with Gasteiger partial charge in [0.2, 0.25) is 5.91 Å². The Labute approximate surface area is 146 Å². The number of carboxylic acid groups (broad SMARTS) is 1. The van der Waals surface area contributed by atoms with Gasteiger partial charge in [-0.15, -0.1) is 0 Å². The minimum atomic E-state index is -1.24. The van der Waals surface area contributed by atoms with Crippen LogP contribution in [-0.4, -0.2) is 42.2 Å². The number of hydrogen-bond donors (Lipinski definition) is 0. The van der Waals surface area contributed by atoms with Crippen molar-refractivity contribution in [1.29, 1.82) is 0 Å². The van der Waals surface area contributed by atoms with E-state index in [1.807, 2.05) is 18.2 Å². The van der Waals surface area contributed by atoms with Crippen LogP contribution in [0.3, 0.4) is 0 Å². The van der Waals surface area contributed by atoms with Crippen molar-refractivity contribution < 1.29 is 24.2 Å². The number of methoxy groups -OCH3 is 1. The summed E-state index contributed by atoms with van der Waals surface area (Å²) in [7, 11) is 1.58. The topological polar surface area (TPSA) is 91.8 Å². The predicted octanol–water partition coefficient (Wildman–Crippen LogP) is 0.341. The van der Waals surface area contributed by atoms with Crippen LogP contribution < -0.4 is 14.7 Å². The maximum Gasteiger partial charge on any atom is 0.236 e. The van der Waals surface area contributed by atoms with Crippen LogP contribution in [0.5, 0.6) is 5.75 Å². The maximum absolute atomic E-state index is 12.9. The highest BCUT2D eigenvalue weighted by Gasteiger charge is 2.65. The van der Waals surface area contributed by atoms with Crippen LogP contribution in [0.1, 0.15) is 0 Å². The number of carboxylic acids is 1. The lowest BCUT2D eigenvalue weighted by Gasteiger charge is -2.24. The van der Waals surface area contributed by atoms with Gasteiger partial charge in [0.1, 0.15) is 11.4 Å². The van der Waals surface area contributed by atoms with Crippen molar-refractivity contribution in [2.45, 2.75) is 11.7 Å². The van der Waals surface area contributed by atoms with E-state index >= 15 is 0 Å². The van der Waals surface area contributed by atoms with Gasteiger partial charge in [-0.2, -0.15) is 0 Å². The van der Waals surface area contributed by atoms with E-state index in [4.69, 9.17) is 9.47 Å². The van der Waals surface area contributed by atoms with Gasteiger partial charge in [-0.1, -0.05) is 23.5 Å². The number of nitrogens with zero attached hydrogens (tertiary/aromatic N) is 2. The summed E-state index contributed by atoms with van der Waals surface area (Å²) < 4.78 is 12.0. The molecule has 1 amide bonds. The lowest BCUT2D eigenvalue weighted by Crippen LogP contribution is -2.45. The van der Waals surface area contributed by atoms with E-state index in [9.17, 15) is 14.7 Å². The van der Waals surface area contributed by atoms with E-state index < -0.39 is 29.5 Å². The van der Waals surface area contributed by atoms with Crippen LogP contribution in [0.2, 0.25) is 0 Å². The molecule has 7 nitrogen and oxygen atoms in total. The molecule has 1 aromatic heterocycles. The van der Waals surface area contributed by atoms with Crippen molar-refractivity contribution >= 4 is 38.6 Å². The monoisotopic (exact) mass is 357 g/mol. The van der Waals surface area contributed by atoms with Gasteiger partial charge >= 0.3 is 0 Å². The molecule has 3 aliphatic heterocycles. The predicted molar refractivity (Wildman–Crippen MR) is 87.3 cm³/mol. The van der Waals surface area contributed by atoms with Crippen LogP contribution in [0.4, 0.5) is 5.13 Å². The van der Waals surface area contributed by atoms with Crippen molar-refractivity contribution in [2.24, 2.45) is 11.8 Å². The van der Waals surface area contributed by atoms with Gasteiger partial charge < -0.3 is 19.4 Å². The van der Waals surface area contributed by atoms with Crippen molar-refractivity contribution in [2.75, 3.05) is 18.6 Å². The molecule has 1 aromatic carbocycles. The summed E-state index contributed by atoms with van der Waals surface area (Å²) in [6, 6.07) is 5.53. The van der Waals surface area contributed by atoms with Crippen LogP contribution in [0.15, 0.2) is 30.4 Å². The molecule has 0 N–H and O–H groups in total. The summed E-state index contributed by atoms with van der Waals surface area (Å²) in [5.41, 5.74) is -0.152. The molecule has 2 saturated heterocycles. The molecule has 5 rings (SSSR count). The molecule has 3 aliphatic rings. The van der Waals surface area contributed by atoms with Gasteiger partial charge in [-0.3, -0.25) is 9.69 Å². The highest BCUT2D eigenvalue weighted by atomic mass is 32.1. The second kappa shape index (κ2) is 4.80. The summed E-state index contributed by atoms with van der Waals surface area (Å²) in [4.78, 5) is 30.5. The molecular formula is C17H13N2O5S-. The fraction of sp³-hybridized carbons (Fsp3) is 0.353. The minimum Gasteiger partial charge on any atom is -0.550 e. The number of amides is 1. The van der Waals surface area contributed by atoms with Gasteiger partial charge in [0.05, 0.1) is 35.9 Å². The molecule has 4 atom stereocenters. The Bertz CT molecular complexity index is 954. The van der Waals surface area contributed by atoms with Crippen molar-refractivity contribution in [3.8, 4) is 5.75 Å². The number of carbonyl (C=O) groups is 2. The molecule has 1 spiro atoms. The third-order valence-corrected chi connectivity index (χ3v) is 6.25. The number of aromatic nitrogens is 1. The Morgan fingerprint density at radius 1 is 1.52 bits per heavy atom. The Balaban J connectivity index is 1.55. The highest BCUT2D eigenvalue weighted by Crippen LogP contribution is 2.52. The van der Waals surface area contributed by atoms with E-state index in [1.54, 1.807) is 19.3 Å². The molecule has 2 fully saturated rings. The van der Waals surface area contributed by atoms with E-state index in [1.165, 1.54) is 16.2 Å². The van der Waals surface area contributed by atoms with Gasteiger partial charge in [0.25, 0.3) is 0 Å². The third-order valence-electron chi connectivity index (χ3n) is 5.19. The van der Waals surface area contributed by atoms with Crippen molar-refractivity contribution in [1.82, 2.24) is 4.98 Å². The number of rotatable bonds is 3. The normalized spacial score (nSPS) is 32.6. The van der Waals surface area contributed by atoms with Crippen LogP contribution in [0, 0.1) is 11.8 Å². The average Bonchev–Trinajstić information content (AvgIpc) is 3.32. The minimum absolute atomic E-state index is 0.268. The molecule has 2 bridgehead atoms. The standard InChI is InChI=1S/C17H14N2O5S/c1-23-8-2-3-11-9(6-8)18-16(25-11)19-7-17-5-4-10(24-17)12(15(21)22)13(17)14(19)20/h2-6,10,12-13H,7H2,1H3,(H,21,22)/p-1/t10-,12+,13+,17-/m1/s1. The fourth-order valence-electron chi connectivity index (χ4n) is 4.07. The first kappa shape index (κ1) is 14.9. The Hall–Kier alpha value is -2.45. The third kappa shape index (κ3) is 1.86. The molecule has 2 aromatic rings. The van der Waals surface area contributed by atoms with Crippen molar-refractivity contribution in [3.05, 3.63) is 30.4 Å². The summed E-state index contributed by atoms with van der Waals surface area (Å²) in [5.74, 6) is -2.53. The first-order valence-corrected chi connectivity index (χ1v) is 8.68. The summed E-state index contributed by atoms with van der Waals surface area (Å²) in [6.07, 6.45) is 2.95. The Morgan fingerprint density at radius 2 is 2.36 bits per heavy atom. The largest absolute Gasteiger partial charge is 0.550 e. The second-order valence-electron chi connectivity index (χ2n) is 6.47. The number of ether oxygens (including phenoxy) is 2. The first-order valence-electron chi connectivity index (χ1n) is 7.86. The number of carbonyl (C=O) groups excluding carboxylic acids is 2. The van der Waals surface area contributed by atoms with Crippen LogP contribution >= 0.6 is 11.3 Å². The maximum atomic E-state index is 12.9. The summed E-state index contributed by atoms with van der Waals surface area (Å²) in [6.45, 7) is 0.268. The van der Waals surface area contributed by atoms with Crippen LogP contribution in [-0.2, 0) is 14.3 Å².